The van der Waals surface area contributed by atoms with Crippen LogP contribution in [0.4, 0.5) is 0 Å². The van der Waals surface area contributed by atoms with Gasteiger partial charge in [0.2, 0.25) is 0 Å². The van der Waals surface area contributed by atoms with Gasteiger partial charge in [0.15, 0.2) is 4.91 Å². The quantitative estimate of drug-likeness (QED) is 0.376. The third-order valence-electron chi connectivity index (χ3n) is 4.44. The molecule has 0 spiro atoms. The van der Waals surface area contributed by atoms with Crippen LogP contribution in [-0.2, 0) is 22.9 Å². The van der Waals surface area contributed by atoms with Gasteiger partial charge in [-0.05, 0) is 76.5 Å². The highest BCUT2D eigenvalue weighted by Crippen LogP contribution is 2.31. The molecule has 0 aliphatic carbocycles. The van der Waals surface area contributed by atoms with Gasteiger partial charge in [-0.15, -0.1) is 0 Å². The fourth-order valence-electron chi connectivity index (χ4n) is 2.86. The fraction of sp³-hybridized carbons (Fsp3) is 0.318. The highest BCUT2D eigenvalue weighted by Gasteiger charge is 2.17. The Balaban J connectivity index is 2.11. The number of halogens is 1. The molecule has 7 heteroatoms. The number of aryl methyl sites for hydroxylation is 2. The minimum atomic E-state index is -3.91. The summed E-state index contributed by atoms with van der Waals surface area (Å²) in [5.41, 5.74) is 2.40. The maximum atomic E-state index is 12.5. The number of sulfonamides is 1. The summed E-state index contributed by atoms with van der Waals surface area (Å²) in [6.07, 6.45) is 5.27. The molecule has 29 heavy (non-hydrogen) atoms. The number of aromatic hydroxyl groups is 1. The Kier molecular flexibility index (Phi) is 8.90. The van der Waals surface area contributed by atoms with E-state index in [1.165, 1.54) is 6.08 Å². The van der Waals surface area contributed by atoms with Crippen LogP contribution in [0, 0.1) is 11.3 Å². The van der Waals surface area contributed by atoms with Gasteiger partial charge < -0.3 is 5.11 Å². The molecule has 0 fully saturated rings. The van der Waals surface area contributed by atoms with E-state index >= 15 is 0 Å². The number of allylic oxidation sites excluding steroid dienone is 1. The van der Waals surface area contributed by atoms with Crippen LogP contribution >= 0.6 is 15.9 Å². The van der Waals surface area contributed by atoms with Crippen molar-refractivity contribution in [2.75, 3.05) is 6.54 Å². The van der Waals surface area contributed by atoms with E-state index in [1.807, 2.05) is 30.3 Å². The number of nitriles is 1. The molecule has 0 bridgehead atoms. The number of benzene rings is 2. The summed E-state index contributed by atoms with van der Waals surface area (Å²) in [5.74, 6) is 0.149. The van der Waals surface area contributed by atoms with Crippen LogP contribution in [0.25, 0.3) is 6.08 Å². The third kappa shape index (κ3) is 7.00. The largest absolute Gasteiger partial charge is 0.506 e. The molecule has 0 aromatic heterocycles. The Hall–Kier alpha value is -2.14. The molecule has 5 nitrogen and oxygen atoms in total. The second-order valence-corrected chi connectivity index (χ2v) is 9.31. The first-order valence-electron chi connectivity index (χ1n) is 9.54. The van der Waals surface area contributed by atoms with E-state index < -0.39 is 10.0 Å². The molecule has 0 saturated heterocycles. The molecular formula is C22H25BrN2O3S. The minimum Gasteiger partial charge on any atom is -0.506 e. The second kappa shape index (κ2) is 11.1. The van der Waals surface area contributed by atoms with Crippen molar-refractivity contribution in [2.45, 2.75) is 39.0 Å². The summed E-state index contributed by atoms with van der Waals surface area (Å²) >= 11 is 3.30. The van der Waals surface area contributed by atoms with Crippen molar-refractivity contribution in [1.82, 2.24) is 4.72 Å². The fourth-order valence-corrected chi connectivity index (χ4v) is 4.36. The smallest absolute Gasteiger partial charge is 0.250 e. The monoisotopic (exact) mass is 476 g/mol. The van der Waals surface area contributed by atoms with E-state index in [2.05, 4.69) is 27.6 Å². The van der Waals surface area contributed by atoms with Gasteiger partial charge in [-0.3, -0.25) is 0 Å². The first-order chi connectivity index (χ1) is 13.9. The standard InChI is InChI=1S/C22H25BrN2O3S/c1-2-3-11-19-13-18(15-21(23)22(19)26)14-20(16-24)29(27,28)25-12-7-10-17-8-5-4-6-9-17/h4-6,8-9,13-15,25-26H,2-3,7,10-12H2,1H3/b20-14-. The molecule has 0 aliphatic heterocycles. The maximum Gasteiger partial charge on any atom is 0.250 e. The number of nitrogens with one attached hydrogen (secondary N) is 1. The van der Waals surface area contributed by atoms with Crippen molar-refractivity contribution in [3.8, 4) is 11.8 Å². The van der Waals surface area contributed by atoms with Crippen LogP contribution in [0.15, 0.2) is 51.8 Å². The predicted octanol–water partition coefficient (Wildman–Crippen LogP) is 4.91. The molecule has 0 aliphatic rings. The lowest BCUT2D eigenvalue weighted by molar-refractivity contribution is 0.463. The molecule has 0 heterocycles. The average molecular weight is 477 g/mol. The topological polar surface area (TPSA) is 90.2 Å². The number of phenols is 1. The molecular weight excluding hydrogens is 452 g/mol. The molecule has 0 radical (unpaired) electrons. The van der Waals surface area contributed by atoms with E-state index in [4.69, 9.17) is 0 Å². The second-order valence-electron chi connectivity index (χ2n) is 6.72. The zero-order valence-electron chi connectivity index (χ0n) is 16.4. The zero-order valence-corrected chi connectivity index (χ0v) is 18.8. The van der Waals surface area contributed by atoms with Gasteiger partial charge in [-0.2, -0.15) is 5.26 Å². The number of unbranched alkanes of at least 4 members (excludes halogenated alkanes) is 1. The zero-order chi connectivity index (χ0) is 21.3. The molecule has 154 valence electrons. The average Bonchev–Trinajstić information content (AvgIpc) is 2.71. The van der Waals surface area contributed by atoms with Crippen molar-refractivity contribution < 1.29 is 13.5 Å². The molecule has 0 atom stereocenters. The van der Waals surface area contributed by atoms with E-state index in [1.54, 1.807) is 18.2 Å². The number of hydrogen-bond donors (Lipinski definition) is 2. The minimum absolute atomic E-state index is 0.149. The third-order valence-corrected chi connectivity index (χ3v) is 6.42. The van der Waals surface area contributed by atoms with Gasteiger partial charge in [0.05, 0.1) is 4.47 Å². The van der Waals surface area contributed by atoms with E-state index in [0.717, 1.165) is 30.4 Å². The van der Waals surface area contributed by atoms with Crippen molar-refractivity contribution >= 4 is 32.0 Å². The molecule has 0 amide bonds. The van der Waals surface area contributed by atoms with Gasteiger partial charge in [0.25, 0.3) is 10.0 Å². The van der Waals surface area contributed by atoms with Gasteiger partial charge in [-0.1, -0.05) is 43.7 Å². The van der Waals surface area contributed by atoms with Crippen LogP contribution in [-0.4, -0.2) is 20.1 Å². The first-order valence-corrected chi connectivity index (χ1v) is 11.8. The Morgan fingerprint density at radius 3 is 2.59 bits per heavy atom. The van der Waals surface area contributed by atoms with Gasteiger partial charge in [0.1, 0.15) is 11.8 Å². The van der Waals surface area contributed by atoms with Crippen LogP contribution in [0.2, 0.25) is 0 Å². The lowest BCUT2D eigenvalue weighted by Crippen LogP contribution is -2.26. The van der Waals surface area contributed by atoms with Crippen LogP contribution in [0.1, 0.15) is 42.9 Å². The van der Waals surface area contributed by atoms with Crippen molar-refractivity contribution in [1.29, 1.82) is 5.26 Å². The first kappa shape index (κ1) is 23.1. The Morgan fingerprint density at radius 2 is 1.93 bits per heavy atom. The summed E-state index contributed by atoms with van der Waals surface area (Å²) in [5, 5.41) is 19.6. The summed E-state index contributed by atoms with van der Waals surface area (Å²) in [4.78, 5) is -0.351. The number of hydrogen-bond acceptors (Lipinski definition) is 4. The lowest BCUT2D eigenvalue weighted by Gasteiger charge is -2.09. The van der Waals surface area contributed by atoms with Gasteiger partial charge >= 0.3 is 0 Å². The number of rotatable bonds is 10. The Morgan fingerprint density at radius 1 is 1.21 bits per heavy atom. The van der Waals surface area contributed by atoms with Crippen molar-refractivity contribution in [2.24, 2.45) is 0 Å². The summed E-state index contributed by atoms with van der Waals surface area (Å²) in [6.45, 7) is 2.30. The molecule has 2 aromatic carbocycles. The summed E-state index contributed by atoms with van der Waals surface area (Å²) < 4.78 is 28.0. The Bertz CT molecular complexity index is 997. The molecule has 0 saturated carbocycles. The van der Waals surface area contributed by atoms with Crippen LogP contribution in [0.5, 0.6) is 5.75 Å². The number of nitrogens with zero attached hydrogens (tertiary/aromatic N) is 1. The highest BCUT2D eigenvalue weighted by atomic mass is 79.9. The van der Waals surface area contributed by atoms with Crippen molar-refractivity contribution in [3.05, 3.63) is 68.5 Å². The van der Waals surface area contributed by atoms with E-state index in [9.17, 15) is 18.8 Å². The SMILES string of the molecule is CCCCc1cc(/C=C(/C#N)S(=O)(=O)NCCCc2ccccc2)cc(Br)c1O. The predicted molar refractivity (Wildman–Crippen MR) is 120 cm³/mol. The maximum absolute atomic E-state index is 12.5. The number of phenolic OH excluding ortho intramolecular Hbond substituents is 1. The normalized spacial score (nSPS) is 12.0. The summed E-state index contributed by atoms with van der Waals surface area (Å²) in [7, 11) is -3.91. The lowest BCUT2D eigenvalue weighted by atomic mass is 10.0. The van der Waals surface area contributed by atoms with E-state index in [-0.39, 0.29) is 17.2 Å². The summed E-state index contributed by atoms with van der Waals surface area (Å²) in [6, 6.07) is 14.9. The molecule has 2 aromatic rings. The Labute approximate surface area is 181 Å². The molecule has 2 N–H and O–H groups in total. The van der Waals surface area contributed by atoms with Crippen molar-refractivity contribution in [3.63, 3.8) is 0 Å². The van der Waals surface area contributed by atoms with Crippen LogP contribution in [0.3, 0.4) is 0 Å². The van der Waals surface area contributed by atoms with Gasteiger partial charge in [0, 0.05) is 6.54 Å². The highest BCUT2D eigenvalue weighted by molar-refractivity contribution is 9.10. The molecule has 2 rings (SSSR count). The van der Waals surface area contributed by atoms with Gasteiger partial charge in [-0.25, -0.2) is 13.1 Å². The van der Waals surface area contributed by atoms with E-state index in [0.29, 0.717) is 22.9 Å². The molecule has 0 unspecified atom stereocenters. The van der Waals surface area contributed by atoms with Crippen LogP contribution < -0.4 is 4.72 Å².